The molecule has 0 aromatic carbocycles. The summed E-state index contributed by atoms with van der Waals surface area (Å²) in [6.07, 6.45) is 63.6. The van der Waals surface area contributed by atoms with Crippen LogP contribution in [0.4, 0.5) is 0 Å². The lowest BCUT2D eigenvalue weighted by Crippen LogP contribution is -2.45. The fourth-order valence-electron chi connectivity index (χ4n) is 7.44. The minimum absolute atomic E-state index is 0.0323. The fraction of sp³-hybridized carbons (Fsp3) is 0.782. The highest BCUT2D eigenvalue weighted by Gasteiger charge is 2.18. The second kappa shape index (κ2) is 50.2. The van der Waals surface area contributed by atoms with Crippen molar-refractivity contribution in [2.75, 3.05) is 13.2 Å². The number of carbonyl (C=O) groups is 2. The third kappa shape index (κ3) is 46.9. The Hall–Kier alpha value is -2.44. The van der Waals surface area contributed by atoms with Gasteiger partial charge in [-0.2, -0.15) is 0 Å². The number of aliphatic hydroxyl groups excluding tert-OH is 2. The third-order valence-electron chi connectivity index (χ3n) is 11.5. The van der Waals surface area contributed by atoms with Gasteiger partial charge in [0, 0.05) is 12.8 Å². The van der Waals surface area contributed by atoms with Gasteiger partial charge in [0.2, 0.25) is 5.91 Å². The normalized spacial score (nSPS) is 13.2. The van der Waals surface area contributed by atoms with Crippen molar-refractivity contribution >= 4 is 11.9 Å². The first kappa shape index (κ1) is 58.6. The van der Waals surface area contributed by atoms with Gasteiger partial charge in [0.1, 0.15) is 0 Å². The minimum atomic E-state index is -0.856. The molecule has 2 unspecified atom stereocenters. The Kier molecular flexibility index (Phi) is 48.2. The van der Waals surface area contributed by atoms with Gasteiger partial charge >= 0.3 is 5.97 Å². The second-order valence-corrected chi connectivity index (χ2v) is 17.5. The van der Waals surface area contributed by atoms with Crippen molar-refractivity contribution in [1.29, 1.82) is 0 Å². The van der Waals surface area contributed by atoms with Gasteiger partial charge in [-0.25, -0.2) is 0 Å². The molecule has 61 heavy (non-hydrogen) atoms. The molecule has 6 nitrogen and oxygen atoms in total. The van der Waals surface area contributed by atoms with Crippen LogP contribution in [0.15, 0.2) is 60.8 Å². The van der Waals surface area contributed by atoms with Crippen molar-refractivity contribution in [3.05, 3.63) is 60.8 Å². The molecule has 354 valence electrons. The van der Waals surface area contributed by atoms with E-state index in [1.54, 1.807) is 6.08 Å². The third-order valence-corrected chi connectivity index (χ3v) is 11.5. The molecule has 3 N–H and O–H groups in total. The molecule has 0 rings (SSSR count). The zero-order valence-corrected chi connectivity index (χ0v) is 40.1. The number of aliphatic hydroxyl groups is 2. The molecule has 0 saturated carbocycles. The predicted molar refractivity (Wildman–Crippen MR) is 264 cm³/mol. The van der Waals surface area contributed by atoms with Gasteiger partial charge in [-0.05, 0) is 96.3 Å². The lowest BCUT2D eigenvalue weighted by molar-refractivity contribution is -0.143. The van der Waals surface area contributed by atoms with Gasteiger partial charge in [-0.3, -0.25) is 9.59 Å². The average molecular weight is 854 g/mol. The van der Waals surface area contributed by atoms with E-state index in [0.717, 1.165) is 96.3 Å². The second-order valence-electron chi connectivity index (χ2n) is 17.5. The standard InChI is InChI=1S/C55H99NO5/c1-3-5-7-9-11-13-15-17-25-29-33-37-41-45-49-55(60)61-50-46-42-38-34-30-26-22-20-18-19-21-24-28-32-36-40-44-48-54(59)56-52(51-57)53(58)47-43-39-35-31-27-23-16-14-12-10-8-6-4-2/h9,11,15,17-18,20,26,30,43,47,52-53,57-58H,3-8,10,12-14,16,19,21-25,27-29,31-42,44-46,48-51H2,1-2H3,(H,56,59)/b11-9-,17-15-,20-18-,30-26-,47-43+. The van der Waals surface area contributed by atoms with Crippen LogP contribution >= 0.6 is 0 Å². The van der Waals surface area contributed by atoms with E-state index in [-0.39, 0.29) is 18.5 Å². The Bertz CT molecular complexity index is 1080. The highest BCUT2D eigenvalue weighted by molar-refractivity contribution is 5.76. The largest absolute Gasteiger partial charge is 0.466 e. The first-order valence-electron chi connectivity index (χ1n) is 26.1. The summed E-state index contributed by atoms with van der Waals surface area (Å²) in [7, 11) is 0. The Labute approximate surface area is 378 Å². The SMILES string of the molecule is CCCC/C=C\C/C=C\CCCCCCCC(=O)OCCCCC/C=C\C/C=C\CCCCCCCCCC(=O)NC(CO)C(O)/C=C/CCCCCCCCCCCCC. The van der Waals surface area contributed by atoms with Gasteiger partial charge in [-0.15, -0.1) is 0 Å². The molecule has 0 bridgehead atoms. The molecule has 0 aliphatic carbocycles. The Morgan fingerprint density at radius 3 is 1.30 bits per heavy atom. The van der Waals surface area contributed by atoms with E-state index in [4.69, 9.17) is 4.74 Å². The topological polar surface area (TPSA) is 95.9 Å². The quantitative estimate of drug-likeness (QED) is 0.0322. The summed E-state index contributed by atoms with van der Waals surface area (Å²) in [5.41, 5.74) is 0. The Morgan fingerprint density at radius 1 is 0.459 bits per heavy atom. The van der Waals surface area contributed by atoms with Crippen molar-refractivity contribution in [1.82, 2.24) is 5.32 Å². The summed E-state index contributed by atoms with van der Waals surface area (Å²) < 4.78 is 5.43. The molecular weight excluding hydrogens is 755 g/mol. The summed E-state index contributed by atoms with van der Waals surface area (Å²) in [4.78, 5) is 24.4. The average Bonchev–Trinajstić information content (AvgIpc) is 3.26. The Morgan fingerprint density at radius 2 is 0.836 bits per heavy atom. The van der Waals surface area contributed by atoms with Crippen LogP contribution in [-0.2, 0) is 14.3 Å². The van der Waals surface area contributed by atoms with E-state index >= 15 is 0 Å². The predicted octanol–water partition coefficient (Wildman–Crippen LogP) is 15.6. The lowest BCUT2D eigenvalue weighted by atomic mass is 10.0. The van der Waals surface area contributed by atoms with E-state index in [1.165, 1.54) is 128 Å². The zero-order chi connectivity index (χ0) is 44.4. The molecule has 0 radical (unpaired) electrons. The smallest absolute Gasteiger partial charge is 0.305 e. The number of nitrogens with one attached hydrogen (secondary N) is 1. The van der Waals surface area contributed by atoms with Crippen molar-refractivity contribution in [2.24, 2.45) is 0 Å². The number of hydrogen-bond donors (Lipinski definition) is 3. The first-order chi connectivity index (χ1) is 30.0. The molecule has 6 heteroatoms. The maximum absolute atomic E-state index is 12.4. The number of ether oxygens (including phenoxy) is 1. The van der Waals surface area contributed by atoms with Gasteiger partial charge < -0.3 is 20.3 Å². The van der Waals surface area contributed by atoms with Crippen molar-refractivity contribution in [3.8, 4) is 0 Å². The van der Waals surface area contributed by atoms with Crippen LogP contribution in [0.2, 0.25) is 0 Å². The molecule has 1 amide bonds. The molecule has 0 aromatic rings. The molecular formula is C55H99NO5. The van der Waals surface area contributed by atoms with Gasteiger partial charge in [0.05, 0.1) is 25.4 Å². The molecule has 0 spiro atoms. The Balaban J connectivity index is 3.55. The van der Waals surface area contributed by atoms with Crippen LogP contribution in [0.1, 0.15) is 251 Å². The molecule has 0 aromatic heterocycles. The van der Waals surface area contributed by atoms with E-state index in [9.17, 15) is 19.8 Å². The monoisotopic (exact) mass is 854 g/mol. The summed E-state index contributed by atoms with van der Waals surface area (Å²) in [5, 5.41) is 23.0. The number of carbonyl (C=O) groups excluding carboxylic acids is 2. The summed E-state index contributed by atoms with van der Waals surface area (Å²) in [6.45, 7) is 4.79. The first-order valence-corrected chi connectivity index (χ1v) is 26.1. The van der Waals surface area contributed by atoms with Gasteiger partial charge in [0.15, 0.2) is 0 Å². The minimum Gasteiger partial charge on any atom is -0.466 e. The van der Waals surface area contributed by atoms with Crippen LogP contribution in [0.5, 0.6) is 0 Å². The highest BCUT2D eigenvalue weighted by Crippen LogP contribution is 2.14. The number of unbranched alkanes of at least 4 members (excludes halogenated alkanes) is 28. The summed E-state index contributed by atoms with van der Waals surface area (Å²) in [6, 6.07) is -0.641. The van der Waals surface area contributed by atoms with E-state index in [2.05, 4.69) is 67.8 Å². The molecule has 2 atom stereocenters. The number of hydrogen-bond acceptors (Lipinski definition) is 5. The van der Waals surface area contributed by atoms with Gasteiger partial charge in [0.25, 0.3) is 0 Å². The number of esters is 1. The molecule has 0 saturated heterocycles. The fourth-order valence-corrected chi connectivity index (χ4v) is 7.44. The molecule has 0 aliphatic heterocycles. The summed E-state index contributed by atoms with van der Waals surface area (Å²) >= 11 is 0. The van der Waals surface area contributed by atoms with Crippen LogP contribution in [0, 0.1) is 0 Å². The van der Waals surface area contributed by atoms with Crippen LogP contribution in [-0.4, -0.2) is 47.4 Å². The molecule has 0 aliphatic rings. The number of allylic oxidation sites excluding steroid dienone is 9. The van der Waals surface area contributed by atoms with E-state index < -0.39 is 12.1 Å². The van der Waals surface area contributed by atoms with Crippen LogP contribution < -0.4 is 5.32 Å². The number of rotatable bonds is 47. The maximum atomic E-state index is 12.4. The van der Waals surface area contributed by atoms with Crippen LogP contribution in [0.25, 0.3) is 0 Å². The number of amides is 1. The zero-order valence-electron chi connectivity index (χ0n) is 40.1. The molecule has 0 fully saturated rings. The van der Waals surface area contributed by atoms with Crippen molar-refractivity contribution in [3.63, 3.8) is 0 Å². The molecule has 0 heterocycles. The van der Waals surface area contributed by atoms with E-state index in [1.807, 2.05) is 6.08 Å². The maximum Gasteiger partial charge on any atom is 0.305 e. The van der Waals surface area contributed by atoms with Crippen molar-refractivity contribution < 1.29 is 24.5 Å². The lowest BCUT2D eigenvalue weighted by Gasteiger charge is -2.20. The summed E-state index contributed by atoms with van der Waals surface area (Å²) in [5.74, 6) is -0.119. The highest BCUT2D eigenvalue weighted by atomic mass is 16.5. The van der Waals surface area contributed by atoms with Gasteiger partial charge in [-0.1, -0.05) is 203 Å². The van der Waals surface area contributed by atoms with Crippen LogP contribution in [0.3, 0.4) is 0 Å². The van der Waals surface area contributed by atoms with Crippen molar-refractivity contribution in [2.45, 2.75) is 264 Å². The van der Waals surface area contributed by atoms with E-state index in [0.29, 0.717) is 19.4 Å².